The lowest BCUT2D eigenvalue weighted by Crippen LogP contribution is -2.26. The fraction of sp³-hybridized carbons (Fsp3) is 0.222. The molecule has 1 heterocycles. The van der Waals surface area contributed by atoms with E-state index in [0.29, 0.717) is 19.5 Å². The van der Waals surface area contributed by atoms with Crippen LogP contribution in [0.3, 0.4) is 0 Å². The molecule has 0 atom stereocenters. The molecule has 1 N–H and O–H groups in total. The first-order valence-corrected chi connectivity index (χ1v) is 7.54. The Morgan fingerprint density at radius 1 is 1.05 bits per heavy atom. The molecule has 112 valence electrons. The van der Waals surface area contributed by atoms with E-state index in [1.165, 1.54) is 5.56 Å². The number of carbonyl (C=O) groups excluding carboxylic acids is 1. The maximum Gasteiger partial charge on any atom is 0.221 e. The Hall–Kier alpha value is -2.62. The third-order valence-electron chi connectivity index (χ3n) is 3.68. The normalized spacial score (nSPS) is 10.7. The van der Waals surface area contributed by atoms with E-state index in [-0.39, 0.29) is 5.91 Å². The number of hydrogen-bond acceptors (Lipinski definition) is 2. The number of nitrogens with one attached hydrogen (secondary N) is 1. The second kappa shape index (κ2) is 6.89. The third-order valence-corrected chi connectivity index (χ3v) is 3.68. The first-order chi connectivity index (χ1) is 10.8. The summed E-state index contributed by atoms with van der Waals surface area (Å²) in [5, 5.41) is 8.40. The molecule has 0 bridgehead atoms. The van der Waals surface area contributed by atoms with Gasteiger partial charge in [0.25, 0.3) is 0 Å². The average Bonchev–Trinajstić information content (AvgIpc) is 2.97. The molecule has 0 aliphatic carbocycles. The van der Waals surface area contributed by atoms with Crippen LogP contribution in [0.5, 0.6) is 0 Å². The lowest BCUT2D eigenvalue weighted by Gasteiger charge is -2.06. The maximum absolute atomic E-state index is 11.9. The van der Waals surface area contributed by atoms with Crippen LogP contribution in [-0.4, -0.2) is 22.2 Å². The highest BCUT2D eigenvalue weighted by atomic mass is 16.1. The number of hydrogen-bond donors (Lipinski definition) is 1. The van der Waals surface area contributed by atoms with Gasteiger partial charge in [0.15, 0.2) is 0 Å². The Kier molecular flexibility index (Phi) is 4.49. The Labute approximate surface area is 129 Å². The first kappa shape index (κ1) is 14.3. The Bertz CT molecular complexity index is 749. The number of benzene rings is 2. The molecular weight excluding hydrogens is 274 g/mol. The summed E-state index contributed by atoms with van der Waals surface area (Å²) < 4.78 is 1.88. The van der Waals surface area contributed by atoms with Crippen molar-refractivity contribution in [1.82, 2.24) is 15.1 Å². The van der Waals surface area contributed by atoms with E-state index in [2.05, 4.69) is 22.5 Å². The smallest absolute Gasteiger partial charge is 0.221 e. The van der Waals surface area contributed by atoms with Crippen molar-refractivity contribution in [2.24, 2.45) is 0 Å². The molecule has 1 amide bonds. The van der Waals surface area contributed by atoms with Gasteiger partial charge in [-0.15, -0.1) is 0 Å². The van der Waals surface area contributed by atoms with Gasteiger partial charge < -0.3 is 5.32 Å². The topological polar surface area (TPSA) is 46.9 Å². The summed E-state index contributed by atoms with van der Waals surface area (Å²) >= 11 is 0. The third kappa shape index (κ3) is 3.52. The molecule has 0 saturated carbocycles. The molecule has 0 aliphatic heterocycles. The van der Waals surface area contributed by atoms with Gasteiger partial charge in [0.1, 0.15) is 0 Å². The second-order valence-corrected chi connectivity index (χ2v) is 5.26. The van der Waals surface area contributed by atoms with Gasteiger partial charge in [-0.1, -0.05) is 48.5 Å². The Morgan fingerprint density at radius 3 is 2.68 bits per heavy atom. The molecule has 0 aliphatic rings. The van der Waals surface area contributed by atoms with Crippen LogP contribution in [0.2, 0.25) is 0 Å². The SMILES string of the molecule is O=C(CCn1ncc2ccccc21)NCCc1ccccc1. The zero-order valence-corrected chi connectivity index (χ0v) is 12.4. The summed E-state index contributed by atoms with van der Waals surface area (Å²) in [7, 11) is 0. The van der Waals surface area contributed by atoms with Crippen molar-refractivity contribution in [1.29, 1.82) is 0 Å². The molecule has 3 aromatic rings. The molecule has 3 rings (SSSR count). The van der Waals surface area contributed by atoms with Crippen LogP contribution in [0.1, 0.15) is 12.0 Å². The Balaban J connectivity index is 1.46. The number of rotatable bonds is 6. The van der Waals surface area contributed by atoms with Crippen molar-refractivity contribution in [3.8, 4) is 0 Å². The van der Waals surface area contributed by atoms with E-state index in [9.17, 15) is 4.79 Å². The molecule has 0 unspecified atom stereocenters. The highest BCUT2D eigenvalue weighted by Gasteiger charge is 2.05. The molecule has 4 nitrogen and oxygen atoms in total. The average molecular weight is 293 g/mol. The monoisotopic (exact) mass is 293 g/mol. The lowest BCUT2D eigenvalue weighted by molar-refractivity contribution is -0.121. The largest absolute Gasteiger partial charge is 0.356 e. The highest BCUT2D eigenvalue weighted by Crippen LogP contribution is 2.12. The predicted octanol–water partition coefficient (Wildman–Crippen LogP) is 2.79. The van der Waals surface area contributed by atoms with Gasteiger partial charge in [0.05, 0.1) is 18.3 Å². The molecule has 0 fully saturated rings. The van der Waals surface area contributed by atoms with Gasteiger partial charge in [-0.05, 0) is 18.1 Å². The maximum atomic E-state index is 11.9. The van der Waals surface area contributed by atoms with Gasteiger partial charge in [0, 0.05) is 18.4 Å². The van der Waals surface area contributed by atoms with Gasteiger partial charge >= 0.3 is 0 Å². The van der Waals surface area contributed by atoms with Crippen molar-refractivity contribution in [3.05, 3.63) is 66.4 Å². The zero-order valence-electron chi connectivity index (χ0n) is 12.4. The second-order valence-electron chi connectivity index (χ2n) is 5.26. The van der Waals surface area contributed by atoms with Gasteiger partial charge in [0.2, 0.25) is 5.91 Å². The van der Waals surface area contributed by atoms with E-state index in [0.717, 1.165) is 17.3 Å². The summed E-state index contributed by atoms with van der Waals surface area (Å²) in [6.07, 6.45) is 3.14. The highest BCUT2D eigenvalue weighted by molar-refractivity contribution is 5.79. The standard InChI is InChI=1S/C18H19N3O/c22-18(19-12-10-15-6-2-1-3-7-15)11-13-21-17-9-5-4-8-16(17)14-20-21/h1-9,14H,10-13H2,(H,19,22). The summed E-state index contributed by atoms with van der Waals surface area (Å²) in [5.41, 5.74) is 2.31. The molecule has 0 spiro atoms. The summed E-state index contributed by atoms with van der Waals surface area (Å²) in [6.45, 7) is 1.27. The summed E-state index contributed by atoms with van der Waals surface area (Å²) in [6, 6.07) is 18.2. The van der Waals surface area contributed by atoms with Crippen LogP contribution >= 0.6 is 0 Å². The predicted molar refractivity (Wildman–Crippen MR) is 87.5 cm³/mol. The number of para-hydroxylation sites is 1. The summed E-state index contributed by atoms with van der Waals surface area (Å²) in [5.74, 6) is 0.0653. The zero-order chi connectivity index (χ0) is 15.2. The quantitative estimate of drug-likeness (QED) is 0.759. The van der Waals surface area contributed by atoms with Crippen LogP contribution in [-0.2, 0) is 17.8 Å². The first-order valence-electron chi connectivity index (χ1n) is 7.54. The number of aromatic nitrogens is 2. The van der Waals surface area contributed by atoms with Crippen LogP contribution in [0.15, 0.2) is 60.8 Å². The van der Waals surface area contributed by atoms with E-state index >= 15 is 0 Å². The van der Waals surface area contributed by atoms with E-state index in [1.54, 1.807) is 0 Å². The number of carbonyl (C=O) groups is 1. The van der Waals surface area contributed by atoms with Gasteiger partial charge in [-0.25, -0.2) is 0 Å². The van der Waals surface area contributed by atoms with Crippen molar-refractivity contribution >= 4 is 16.8 Å². The van der Waals surface area contributed by atoms with E-state index < -0.39 is 0 Å². The van der Waals surface area contributed by atoms with Crippen molar-refractivity contribution in [2.45, 2.75) is 19.4 Å². The molecule has 0 radical (unpaired) electrons. The van der Waals surface area contributed by atoms with Crippen LogP contribution in [0.25, 0.3) is 10.9 Å². The summed E-state index contributed by atoms with van der Waals surface area (Å²) in [4.78, 5) is 11.9. The molecule has 0 saturated heterocycles. The van der Waals surface area contributed by atoms with E-state index in [4.69, 9.17) is 0 Å². The minimum Gasteiger partial charge on any atom is -0.356 e. The van der Waals surface area contributed by atoms with E-state index in [1.807, 2.05) is 53.3 Å². The number of fused-ring (bicyclic) bond motifs is 1. The fourth-order valence-electron chi connectivity index (χ4n) is 2.49. The number of nitrogens with zero attached hydrogens (tertiary/aromatic N) is 2. The van der Waals surface area contributed by atoms with Gasteiger partial charge in [-0.2, -0.15) is 5.10 Å². The van der Waals surface area contributed by atoms with Crippen molar-refractivity contribution in [3.63, 3.8) is 0 Å². The van der Waals surface area contributed by atoms with Crippen LogP contribution in [0, 0.1) is 0 Å². The van der Waals surface area contributed by atoms with Crippen molar-refractivity contribution in [2.75, 3.05) is 6.54 Å². The molecule has 22 heavy (non-hydrogen) atoms. The van der Waals surface area contributed by atoms with Crippen molar-refractivity contribution < 1.29 is 4.79 Å². The van der Waals surface area contributed by atoms with Crippen LogP contribution < -0.4 is 5.32 Å². The number of aryl methyl sites for hydroxylation is 1. The Morgan fingerprint density at radius 2 is 1.82 bits per heavy atom. The molecular formula is C18H19N3O. The van der Waals surface area contributed by atoms with Gasteiger partial charge in [-0.3, -0.25) is 9.48 Å². The number of amides is 1. The fourth-order valence-corrected chi connectivity index (χ4v) is 2.49. The van der Waals surface area contributed by atoms with Crippen LogP contribution in [0.4, 0.5) is 0 Å². The molecule has 2 aromatic carbocycles. The minimum absolute atomic E-state index is 0.0653. The molecule has 4 heteroatoms. The lowest BCUT2D eigenvalue weighted by atomic mass is 10.1. The minimum atomic E-state index is 0.0653. The molecule has 1 aromatic heterocycles.